The van der Waals surface area contributed by atoms with Gasteiger partial charge in [-0.15, -0.1) is 0 Å². The van der Waals surface area contributed by atoms with E-state index in [2.05, 4.69) is 12.0 Å². The summed E-state index contributed by atoms with van der Waals surface area (Å²) in [5.41, 5.74) is 1.10. The number of rotatable bonds is 6. The molecule has 2 heterocycles. The molecule has 1 aromatic heterocycles. The summed E-state index contributed by atoms with van der Waals surface area (Å²) in [7, 11) is -2.59. The second-order valence-electron chi connectivity index (χ2n) is 6.92. The lowest BCUT2D eigenvalue weighted by atomic mass is 10.0. The summed E-state index contributed by atoms with van der Waals surface area (Å²) in [5, 5.41) is 4.04. The van der Waals surface area contributed by atoms with Crippen molar-refractivity contribution in [2.24, 2.45) is 5.92 Å². The molecule has 2 aromatic rings. The lowest BCUT2D eigenvalue weighted by Crippen LogP contribution is -2.38. The highest BCUT2D eigenvalue weighted by atomic mass is 32.2. The number of hydrogen-bond donors (Lipinski definition) is 0. The zero-order valence-electron chi connectivity index (χ0n) is 15.7. The van der Waals surface area contributed by atoms with Crippen molar-refractivity contribution in [2.45, 2.75) is 37.8 Å². The maximum Gasteiger partial charge on any atom is 0.342 e. The number of ether oxygens (including phenoxy) is 1. The van der Waals surface area contributed by atoms with Crippen molar-refractivity contribution in [3.8, 4) is 0 Å². The molecule has 1 saturated heterocycles. The van der Waals surface area contributed by atoms with E-state index in [1.165, 1.54) is 22.3 Å². The van der Waals surface area contributed by atoms with Crippen molar-refractivity contribution >= 4 is 16.0 Å². The molecule has 1 aliphatic rings. The standard InChI is InChI=1S/C19H25N3O4S/c1-15-8-12-22(13-9-15)27(24,25)18-17(19(23)26-2)14-21(20-18)11-10-16-6-4-3-5-7-16/h3-7,14-15H,8-13H2,1-2H3. The van der Waals surface area contributed by atoms with Crippen LogP contribution in [0.15, 0.2) is 41.6 Å². The van der Waals surface area contributed by atoms with Crippen LogP contribution in [0, 0.1) is 5.92 Å². The summed E-state index contributed by atoms with van der Waals surface area (Å²) >= 11 is 0. The minimum absolute atomic E-state index is 0.0100. The molecule has 1 aliphatic heterocycles. The number of hydrogen-bond acceptors (Lipinski definition) is 5. The molecule has 8 heteroatoms. The van der Waals surface area contributed by atoms with Crippen molar-refractivity contribution in [1.82, 2.24) is 14.1 Å². The predicted octanol–water partition coefficient (Wildman–Crippen LogP) is 2.33. The maximum atomic E-state index is 13.1. The van der Waals surface area contributed by atoms with Gasteiger partial charge in [-0.1, -0.05) is 37.3 Å². The first kappa shape index (κ1) is 19.6. The van der Waals surface area contributed by atoms with Crippen LogP contribution in [0.3, 0.4) is 0 Å². The van der Waals surface area contributed by atoms with Gasteiger partial charge in [-0.2, -0.15) is 9.40 Å². The minimum atomic E-state index is -3.83. The highest BCUT2D eigenvalue weighted by Gasteiger charge is 2.34. The van der Waals surface area contributed by atoms with Crippen LogP contribution in [-0.4, -0.2) is 48.7 Å². The largest absolute Gasteiger partial charge is 0.465 e. The Bertz CT molecular complexity index is 885. The quantitative estimate of drug-likeness (QED) is 0.706. The molecule has 0 N–H and O–H groups in total. The number of carbonyl (C=O) groups is 1. The third-order valence-corrected chi connectivity index (χ3v) is 6.77. The second kappa shape index (κ2) is 8.22. The van der Waals surface area contributed by atoms with Gasteiger partial charge < -0.3 is 4.74 Å². The van der Waals surface area contributed by atoms with Crippen LogP contribution in [0.5, 0.6) is 0 Å². The highest BCUT2D eigenvalue weighted by Crippen LogP contribution is 2.25. The molecule has 1 fully saturated rings. The number of benzene rings is 1. The second-order valence-corrected chi connectivity index (χ2v) is 8.78. The van der Waals surface area contributed by atoms with Gasteiger partial charge in [0.25, 0.3) is 10.0 Å². The summed E-state index contributed by atoms with van der Waals surface area (Å²) in [6.07, 6.45) is 3.76. The topological polar surface area (TPSA) is 81.5 Å². The maximum absolute atomic E-state index is 13.1. The van der Waals surface area contributed by atoms with Gasteiger partial charge in [0.05, 0.1) is 7.11 Å². The third kappa shape index (κ3) is 4.39. The van der Waals surface area contributed by atoms with Crippen LogP contribution < -0.4 is 0 Å². The average molecular weight is 391 g/mol. The molecule has 0 spiro atoms. The number of aromatic nitrogens is 2. The number of aryl methyl sites for hydroxylation is 2. The Balaban J connectivity index is 1.86. The summed E-state index contributed by atoms with van der Waals surface area (Å²) in [6, 6.07) is 9.84. The molecule has 0 saturated carbocycles. The number of sulfonamides is 1. The summed E-state index contributed by atoms with van der Waals surface area (Å²) in [5.74, 6) is -0.190. The molecule has 0 amide bonds. The molecule has 27 heavy (non-hydrogen) atoms. The fourth-order valence-electron chi connectivity index (χ4n) is 3.19. The lowest BCUT2D eigenvalue weighted by molar-refractivity contribution is 0.0596. The monoisotopic (exact) mass is 391 g/mol. The SMILES string of the molecule is COC(=O)c1cn(CCc2ccccc2)nc1S(=O)(=O)N1CCC(C)CC1. The number of methoxy groups -OCH3 is 1. The van der Waals surface area contributed by atoms with E-state index in [1.54, 1.807) is 0 Å². The molecule has 3 rings (SSSR count). The number of piperidine rings is 1. The van der Waals surface area contributed by atoms with E-state index in [9.17, 15) is 13.2 Å². The van der Waals surface area contributed by atoms with Crippen LogP contribution in [-0.2, 0) is 27.7 Å². The number of carbonyl (C=O) groups excluding carboxylic acids is 1. The Morgan fingerprint density at radius 2 is 1.89 bits per heavy atom. The van der Waals surface area contributed by atoms with Crippen LogP contribution >= 0.6 is 0 Å². The Morgan fingerprint density at radius 1 is 1.22 bits per heavy atom. The molecule has 7 nitrogen and oxygen atoms in total. The molecule has 0 unspecified atom stereocenters. The summed E-state index contributed by atoms with van der Waals surface area (Å²) < 4.78 is 33.8. The molecule has 146 valence electrons. The molecule has 0 aliphatic carbocycles. The van der Waals surface area contributed by atoms with E-state index in [0.717, 1.165) is 18.4 Å². The summed E-state index contributed by atoms with van der Waals surface area (Å²) in [4.78, 5) is 12.1. The number of esters is 1. The normalized spacial score (nSPS) is 16.4. The lowest BCUT2D eigenvalue weighted by Gasteiger charge is -2.28. The van der Waals surface area contributed by atoms with Crippen LogP contribution in [0.4, 0.5) is 0 Å². The third-order valence-electron chi connectivity index (χ3n) is 4.93. The first-order valence-corrected chi connectivity index (χ1v) is 10.6. The molecule has 0 radical (unpaired) electrons. The Morgan fingerprint density at radius 3 is 2.52 bits per heavy atom. The Labute approximate surface area is 160 Å². The van der Waals surface area contributed by atoms with Gasteiger partial charge in [0.2, 0.25) is 5.03 Å². The van der Waals surface area contributed by atoms with Crippen molar-refractivity contribution in [2.75, 3.05) is 20.2 Å². The van der Waals surface area contributed by atoms with Crippen molar-refractivity contribution < 1.29 is 17.9 Å². The van der Waals surface area contributed by atoms with Crippen LogP contribution in [0.25, 0.3) is 0 Å². The van der Waals surface area contributed by atoms with E-state index in [0.29, 0.717) is 32.0 Å². The van der Waals surface area contributed by atoms with Gasteiger partial charge in [0.15, 0.2) is 0 Å². The first-order valence-electron chi connectivity index (χ1n) is 9.11. The smallest absolute Gasteiger partial charge is 0.342 e. The fourth-order valence-corrected chi connectivity index (χ4v) is 4.75. The van der Waals surface area contributed by atoms with E-state index >= 15 is 0 Å². The van der Waals surface area contributed by atoms with Crippen molar-refractivity contribution in [3.63, 3.8) is 0 Å². The van der Waals surface area contributed by atoms with Crippen LogP contribution in [0.2, 0.25) is 0 Å². The minimum Gasteiger partial charge on any atom is -0.465 e. The highest BCUT2D eigenvalue weighted by molar-refractivity contribution is 7.89. The zero-order valence-corrected chi connectivity index (χ0v) is 16.5. The Hall–Kier alpha value is -2.19. The van der Waals surface area contributed by atoms with Gasteiger partial charge in [-0.05, 0) is 30.7 Å². The van der Waals surface area contributed by atoms with E-state index in [4.69, 9.17) is 4.74 Å². The average Bonchev–Trinajstić information content (AvgIpc) is 3.12. The van der Waals surface area contributed by atoms with E-state index < -0.39 is 16.0 Å². The Kier molecular flexibility index (Phi) is 5.96. The van der Waals surface area contributed by atoms with Gasteiger partial charge in [0, 0.05) is 25.8 Å². The van der Waals surface area contributed by atoms with Crippen molar-refractivity contribution in [1.29, 1.82) is 0 Å². The molecule has 0 atom stereocenters. The van der Waals surface area contributed by atoms with Crippen molar-refractivity contribution in [3.05, 3.63) is 47.7 Å². The molecule has 0 bridgehead atoms. The predicted molar refractivity (Wildman–Crippen MR) is 101 cm³/mol. The van der Waals surface area contributed by atoms with Crippen LogP contribution in [0.1, 0.15) is 35.7 Å². The first-order chi connectivity index (χ1) is 12.9. The number of nitrogens with zero attached hydrogens (tertiary/aromatic N) is 3. The molecular weight excluding hydrogens is 366 g/mol. The van der Waals surface area contributed by atoms with E-state index in [-0.39, 0.29) is 10.6 Å². The zero-order chi connectivity index (χ0) is 19.4. The van der Waals surface area contributed by atoms with Gasteiger partial charge in [-0.3, -0.25) is 4.68 Å². The van der Waals surface area contributed by atoms with E-state index in [1.807, 2.05) is 30.3 Å². The van der Waals surface area contributed by atoms with Gasteiger partial charge in [0.1, 0.15) is 5.56 Å². The van der Waals surface area contributed by atoms with Gasteiger partial charge >= 0.3 is 5.97 Å². The molecular formula is C19H25N3O4S. The molecule has 1 aromatic carbocycles. The fraction of sp³-hybridized carbons (Fsp3) is 0.474. The summed E-state index contributed by atoms with van der Waals surface area (Å²) in [6.45, 7) is 3.48. The van der Waals surface area contributed by atoms with Gasteiger partial charge in [-0.25, -0.2) is 13.2 Å².